The van der Waals surface area contributed by atoms with E-state index in [2.05, 4.69) is 10.1 Å². The van der Waals surface area contributed by atoms with Gasteiger partial charge in [0, 0.05) is 11.9 Å². The maximum absolute atomic E-state index is 13.2. The summed E-state index contributed by atoms with van der Waals surface area (Å²) < 4.78 is 14.7. The second-order valence-electron chi connectivity index (χ2n) is 3.41. The minimum atomic E-state index is -1.28. The second kappa shape index (κ2) is 4.65. The van der Waals surface area contributed by atoms with Gasteiger partial charge in [-0.2, -0.15) is 5.10 Å². The largest absolute Gasteiger partial charge is 0.478 e. The fraction of sp³-hybridized carbons (Fsp3) is 0.100. The van der Waals surface area contributed by atoms with Crippen LogP contribution in [0.1, 0.15) is 10.4 Å². The highest BCUT2D eigenvalue weighted by Crippen LogP contribution is 2.32. The maximum atomic E-state index is 13.2. The third-order valence-corrected chi connectivity index (χ3v) is 3.35. The number of nitrogens with zero attached hydrogens (tertiary/aromatic N) is 3. The molecule has 2 aromatic rings. The van der Waals surface area contributed by atoms with Crippen LogP contribution in [0.2, 0.25) is 0 Å². The zero-order valence-electron chi connectivity index (χ0n) is 9.29. The molecule has 0 aliphatic rings. The molecule has 0 aliphatic carbocycles. The van der Waals surface area contributed by atoms with Crippen molar-refractivity contribution in [1.82, 2.24) is 14.8 Å². The summed E-state index contributed by atoms with van der Waals surface area (Å²) in [5.74, 6) is -2.04. The molecule has 0 spiro atoms. The third-order valence-electron chi connectivity index (χ3n) is 2.24. The first kappa shape index (κ1) is 12.4. The van der Waals surface area contributed by atoms with Gasteiger partial charge in [0.25, 0.3) is 0 Å². The summed E-state index contributed by atoms with van der Waals surface area (Å²) in [6, 6.07) is 2.48. The minimum Gasteiger partial charge on any atom is -0.478 e. The van der Waals surface area contributed by atoms with Crippen molar-refractivity contribution in [3.05, 3.63) is 29.8 Å². The standard InChI is InChI=1S/C10H9FN4O2S/c1-15-10(13-4-14-15)18-6-3-2-5(11)8(12)7(6)9(16)17/h2-4H,12H2,1H3,(H,16,17). The predicted molar refractivity (Wildman–Crippen MR) is 62.9 cm³/mol. The fourth-order valence-electron chi connectivity index (χ4n) is 1.36. The average molecular weight is 268 g/mol. The van der Waals surface area contributed by atoms with E-state index in [4.69, 9.17) is 10.8 Å². The molecule has 0 saturated carbocycles. The van der Waals surface area contributed by atoms with Gasteiger partial charge in [-0.15, -0.1) is 0 Å². The second-order valence-corrected chi connectivity index (χ2v) is 4.42. The van der Waals surface area contributed by atoms with E-state index in [1.165, 1.54) is 17.1 Å². The van der Waals surface area contributed by atoms with Crippen molar-refractivity contribution in [3.63, 3.8) is 0 Å². The van der Waals surface area contributed by atoms with Crippen molar-refractivity contribution >= 4 is 23.4 Å². The van der Waals surface area contributed by atoms with Crippen molar-refractivity contribution in [3.8, 4) is 0 Å². The molecule has 1 aromatic carbocycles. The van der Waals surface area contributed by atoms with E-state index in [0.717, 1.165) is 17.8 Å². The van der Waals surface area contributed by atoms with E-state index in [9.17, 15) is 9.18 Å². The summed E-state index contributed by atoms with van der Waals surface area (Å²) in [4.78, 5) is 15.4. The lowest BCUT2D eigenvalue weighted by Crippen LogP contribution is -2.07. The van der Waals surface area contributed by atoms with Gasteiger partial charge in [0.15, 0.2) is 5.16 Å². The lowest BCUT2D eigenvalue weighted by molar-refractivity contribution is 0.0694. The molecule has 3 N–H and O–H groups in total. The van der Waals surface area contributed by atoms with Crippen LogP contribution in [0.3, 0.4) is 0 Å². The number of benzene rings is 1. The van der Waals surface area contributed by atoms with Crippen LogP contribution in [0.25, 0.3) is 0 Å². The Bertz CT molecular complexity index is 614. The summed E-state index contributed by atoms with van der Waals surface area (Å²) in [6.07, 6.45) is 1.34. The number of halogens is 1. The molecule has 1 heterocycles. The van der Waals surface area contributed by atoms with Crippen LogP contribution in [0.5, 0.6) is 0 Å². The molecule has 1 aromatic heterocycles. The number of nitrogen functional groups attached to an aromatic ring is 1. The van der Waals surface area contributed by atoms with Crippen LogP contribution in [-0.2, 0) is 7.05 Å². The molecular weight excluding hydrogens is 259 g/mol. The molecule has 8 heteroatoms. The number of nitrogens with two attached hydrogens (primary N) is 1. The van der Waals surface area contributed by atoms with Gasteiger partial charge < -0.3 is 10.8 Å². The van der Waals surface area contributed by atoms with Gasteiger partial charge in [0.1, 0.15) is 12.1 Å². The summed E-state index contributed by atoms with van der Waals surface area (Å²) in [5.41, 5.74) is 4.80. The Morgan fingerprint density at radius 1 is 1.56 bits per heavy atom. The van der Waals surface area contributed by atoms with Crippen LogP contribution in [0, 0.1) is 5.82 Å². The summed E-state index contributed by atoms with van der Waals surface area (Å²) in [6.45, 7) is 0. The van der Waals surface area contributed by atoms with Crippen molar-refractivity contribution < 1.29 is 14.3 Å². The molecule has 0 saturated heterocycles. The minimum absolute atomic E-state index is 0.261. The van der Waals surface area contributed by atoms with Crippen LogP contribution < -0.4 is 5.73 Å². The molecule has 94 valence electrons. The van der Waals surface area contributed by atoms with Crippen molar-refractivity contribution in [2.45, 2.75) is 10.1 Å². The Morgan fingerprint density at radius 2 is 2.28 bits per heavy atom. The number of carboxylic acid groups (broad SMARTS) is 1. The van der Waals surface area contributed by atoms with Gasteiger partial charge in [-0.3, -0.25) is 0 Å². The molecule has 0 bridgehead atoms. The number of carbonyl (C=O) groups is 1. The molecule has 0 aliphatic heterocycles. The SMILES string of the molecule is Cn1ncnc1Sc1ccc(F)c(N)c1C(=O)O. The predicted octanol–water partition coefficient (Wildman–Crippen LogP) is 1.39. The number of hydrogen-bond donors (Lipinski definition) is 2. The molecule has 6 nitrogen and oxygen atoms in total. The van der Waals surface area contributed by atoms with Crippen LogP contribution >= 0.6 is 11.8 Å². The lowest BCUT2D eigenvalue weighted by Gasteiger charge is -2.08. The normalized spacial score (nSPS) is 10.6. The Kier molecular flexibility index (Phi) is 3.19. The Balaban J connectivity index is 2.48. The highest BCUT2D eigenvalue weighted by Gasteiger charge is 2.19. The van der Waals surface area contributed by atoms with Gasteiger partial charge in [0.2, 0.25) is 0 Å². The van der Waals surface area contributed by atoms with Gasteiger partial charge in [0.05, 0.1) is 11.3 Å². The summed E-state index contributed by atoms with van der Waals surface area (Å²) in [5, 5.41) is 13.4. The number of aryl methyl sites for hydroxylation is 1. The highest BCUT2D eigenvalue weighted by atomic mass is 32.2. The molecule has 18 heavy (non-hydrogen) atoms. The van der Waals surface area contributed by atoms with Gasteiger partial charge in [-0.05, 0) is 23.9 Å². The maximum Gasteiger partial charge on any atom is 0.339 e. The van der Waals surface area contributed by atoms with Crippen LogP contribution in [-0.4, -0.2) is 25.8 Å². The number of rotatable bonds is 3. The van der Waals surface area contributed by atoms with E-state index >= 15 is 0 Å². The number of carboxylic acids is 1. The molecule has 0 radical (unpaired) electrons. The molecule has 0 amide bonds. The molecule has 0 atom stereocenters. The summed E-state index contributed by atoms with van der Waals surface area (Å²) in [7, 11) is 1.67. The smallest absolute Gasteiger partial charge is 0.339 e. The van der Waals surface area contributed by atoms with E-state index in [-0.39, 0.29) is 11.3 Å². The topological polar surface area (TPSA) is 94.0 Å². The fourth-order valence-corrected chi connectivity index (χ4v) is 2.27. The van der Waals surface area contributed by atoms with Crippen LogP contribution in [0.4, 0.5) is 10.1 Å². The number of aromatic carboxylic acids is 1. The number of hydrogen-bond acceptors (Lipinski definition) is 5. The van der Waals surface area contributed by atoms with Gasteiger partial charge in [-0.1, -0.05) is 0 Å². The van der Waals surface area contributed by atoms with E-state index < -0.39 is 11.8 Å². The zero-order chi connectivity index (χ0) is 13.3. The number of aromatic nitrogens is 3. The number of anilines is 1. The van der Waals surface area contributed by atoms with E-state index in [1.807, 2.05) is 0 Å². The molecular formula is C10H9FN4O2S. The van der Waals surface area contributed by atoms with Crippen molar-refractivity contribution in [2.75, 3.05) is 5.73 Å². The van der Waals surface area contributed by atoms with Gasteiger partial charge in [-0.25, -0.2) is 18.9 Å². The average Bonchev–Trinajstić information content (AvgIpc) is 2.69. The van der Waals surface area contributed by atoms with Gasteiger partial charge >= 0.3 is 5.97 Å². The first-order chi connectivity index (χ1) is 8.50. The molecule has 0 fully saturated rings. The Hall–Kier alpha value is -2.09. The summed E-state index contributed by atoms with van der Waals surface area (Å²) >= 11 is 1.06. The molecule has 2 rings (SSSR count). The van der Waals surface area contributed by atoms with E-state index in [1.54, 1.807) is 7.05 Å². The van der Waals surface area contributed by atoms with Crippen molar-refractivity contribution in [1.29, 1.82) is 0 Å². The Labute approximate surface area is 106 Å². The first-order valence-corrected chi connectivity index (χ1v) is 5.65. The lowest BCUT2D eigenvalue weighted by atomic mass is 10.2. The Morgan fingerprint density at radius 3 is 2.83 bits per heavy atom. The highest BCUT2D eigenvalue weighted by molar-refractivity contribution is 7.99. The molecule has 0 unspecified atom stereocenters. The zero-order valence-corrected chi connectivity index (χ0v) is 10.1. The van der Waals surface area contributed by atoms with Crippen LogP contribution in [0.15, 0.2) is 28.5 Å². The first-order valence-electron chi connectivity index (χ1n) is 4.84. The quantitative estimate of drug-likeness (QED) is 0.817. The third kappa shape index (κ3) is 2.14. The van der Waals surface area contributed by atoms with Crippen molar-refractivity contribution in [2.24, 2.45) is 7.05 Å². The monoisotopic (exact) mass is 268 g/mol. The van der Waals surface area contributed by atoms with E-state index in [0.29, 0.717) is 10.1 Å².